The Kier molecular flexibility index (Phi) is 4.70. The van der Waals surface area contributed by atoms with Gasteiger partial charge in [0, 0.05) is 18.6 Å². The molecule has 1 fully saturated rings. The molecule has 0 bridgehead atoms. The van der Waals surface area contributed by atoms with E-state index in [1.807, 2.05) is 14.0 Å². The van der Waals surface area contributed by atoms with Gasteiger partial charge in [-0.15, -0.1) is 0 Å². The van der Waals surface area contributed by atoms with Crippen LogP contribution < -0.4 is 5.32 Å². The third kappa shape index (κ3) is 3.52. The normalized spacial score (nSPS) is 22.0. The van der Waals surface area contributed by atoms with Gasteiger partial charge in [-0.1, -0.05) is 12.1 Å². The lowest BCUT2D eigenvalue weighted by atomic mass is 10.0. The predicted molar refractivity (Wildman–Crippen MR) is 73.5 cm³/mol. The summed E-state index contributed by atoms with van der Waals surface area (Å²) >= 11 is 0. The average Bonchev–Trinajstić information content (AvgIpc) is 2.46. The minimum absolute atomic E-state index is 0.113. The molecule has 5 heteroatoms. The molecule has 2 unspecified atom stereocenters. The molecule has 1 aliphatic heterocycles. The highest BCUT2D eigenvalue weighted by molar-refractivity contribution is 5.26. The molecule has 0 amide bonds. The lowest BCUT2D eigenvalue weighted by Gasteiger charge is -2.36. The molecule has 2 rings (SSSR count). The highest BCUT2D eigenvalue weighted by Gasteiger charge is 2.30. The zero-order valence-electron chi connectivity index (χ0n) is 11.9. The fraction of sp³-hybridized carbons (Fsp3) is 0.600. The van der Waals surface area contributed by atoms with Crippen LogP contribution in [0.1, 0.15) is 36.9 Å². The summed E-state index contributed by atoms with van der Waals surface area (Å²) in [6.07, 6.45) is -1.98. The number of hydrogen-bond donors (Lipinski definition) is 1. The van der Waals surface area contributed by atoms with Gasteiger partial charge in [0.2, 0.25) is 0 Å². The molecule has 1 aromatic carbocycles. The third-order valence-electron chi connectivity index (χ3n) is 4.18. The molecule has 0 spiro atoms. The second-order valence-corrected chi connectivity index (χ2v) is 5.46. The fourth-order valence-electron chi connectivity index (χ4n) is 2.68. The molecule has 2 nitrogen and oxygen atoms in total. The summed E-state index contributed by atoms with van der Waals surface area (Å²) in [4.78, 5) is 2.24. The van der Waals surface area contributed by atoms with Gasteiger partial charge in [-0.2, -0.15) is 13.2 Å². The van der Waals surface area contributed by atoms with E-state index in [1.54, 1.807) is 12.1 Å². The van der Waals surface area contributed by atoms with Crippen LogP contribution in [0.3, 0.4) is 0 Å². The van der Waals surface area contributed by atoms with Gasteiger partial charge in [-0.3, -0.25) is 4.90 Å². The summed E-state index contributed by atoms with van der Waals surface area (Å²) in [6.45, 7) is 4.04. The van der Waals surface area contributed by atoms with Crippen molar-refractivity contribution >= 4 is 0 Å². The minimum Gasteiger partial charge on any atom is -0.315 e. The average molecular weight is 286 g/mol. The van der Waals surface area contributed by atoms with Gasteiger partial charge < -0.3 is 5.32 Å². The monoisotopic (exact) mass is 286 g/mol. The number of nitrogens with one attached hydrogen (secondary N) is 1. The number of halogens is 3. The summed E-state index contributed by atoms with van der Waals surface area (Å²) in [5, 5.41) is 3.36. The topological polar surface area (TPSA) is 15.3 Å². The van der Waals surface area contributed by atoms with E-state index in [9.17, 15) is 13.2 Å². The Labute approximate surface area is 118 Å². The van der Waals surface area contributed by atoms with E-state index in [0.29, 0.717) is 6.04 Å². The van der Waals surface area contributed by atoms with Gasteiger partial charge in [0.25, 0.3) is 0 Å². The quantitative estimate of drug-likeness (QED) is 0.915. The van der Waals surface area contributed by atoms with Crippen LogP contribution in [0.2, 0.25) is 0 Å². The summed E-state index contributed by atoms with van der Waals surface area (Å²) in [6, 6.07) is 6.06. The van der Waals surface area contributed by atoms with Crippen molar-refractivity contribution < 1.29 is 13.2 Å². The lowest BCUT2D eigenvalue weighted by molar-refractivity contribution is -0.137. The van der Waals surface area contributed by atoms with Crippen molar-refractivity contribution in [3.63, 3.8) is 0 Å². The largest absolute Gasteiger partial charge is 0.416 e. The number of alkyl halides is 3. The van der Waals surface area contributed by atoms with Crippen molar-refractivity contribution in [2.24, 2.45) is 0 Å². The van der Waals surface area contributed by atoms with E-state index in [-0.39, 0.29) is 6.04 Å². The maximum atomic E-state index is 12.6. The number of benzene rings is 1. The van der Waals surface area contributed by atoms with Crippen molar-refractivity contribution in [3.8, 4) is 0 Å². The summed E-state index contributed by atoms with van der Waals surface area (Å²) < 4.78 is 37.7. The molecular formula is C15H21F3N2. The molecular weight excluding hydrogens is 265 g/mol. The van der Waals surface area contributed by atoms with E-state index >= 15 is 0 Å². The van der Waals surface area contributed by atoms with Crippen molar-refractivity contribution in [1.29, 1.82) is 0 Å². The molecule has 1 aliphatic rings. The Morgan fingerprint density at radius 1 is 1.25 bits per heavy atom. The molecule has 1 saturated heterocycles. The summed E-state index contributed by atoms with van der Waals surface area (Å²) in [7, 11) is 2.04. The highest BCUT2D eigenvalue weighted by Crippen LogP contribution is 2.31. The summed E-state index contributed by atoms with van der Waals surface area (Å²) in [5.41, 5.74) is 0.335. The molecule has 20 heavy (non-hydrogen) atoms. The molecule has 0 aliphatic carbocycles. The van der Waals surface area contributed by atoms with E-state index in [0.717, 1.165) is 31.5 Å². The number of nitrogens with zero attached hydrogens (tertiary/aromatic N) is 1. The lowest BCUT2D eigenvalue weighted by Crippen LogP contribution is -2.45. The highest BCUT2D eigenvalue weighted by atomic mass is 19.4. The van der Waals surface area contributed by atoms with Crippen molar-refractivity contribution in [3.05, 3.63) is 35.4 Å². The van der Waals surface area contributed by atoms with Crippen LogP contribution in [-0.4, -0.2) is 31.1 Å². The van der Waals surface area contributed by atoms with Gasteiger partial charge in [-0.05, 0) is 51.1 Å². The molecule has 1 N–H and O–H groups in total. The smallest absolute Gasteiger partial charge is 0.315 e. The first-order valence-corrected chi connectivity index (χ1v) is 6.99. The zero-order valence-corrected chi connectivity index (χ0v) is 11.9. The second-order valence-electron chi connectivity index (χ2n) is 5.46. The van der Waals surface area contributed by atoms with Gasteiger partial charge in [-0.25, -0.2) is 0 Å². The Bertz CT molecular complexity index is 422. The maximum Gasteiger partial charge on any atom is 0.416 e. The third-order valence-corrected chi connectivity index (χ3v) is 4.18. The first-order valence-electron chi connectivity index (χ1n) is 6.99. The minimum atomic E-state index is -4.26. The van der Waals surface area contributed by atoms with Crippen molar-refractivity contribution in [2.45, 2.75) is 38.0 Å². The first kappa shape index (κ1) is 15.3. The van der Waals surface area contributed by atoms with Crippen LogP contribution in [0.5, 0.6) is 0 Å². The van der Waals surface area contributed by atoms with E-state index < -0.39 is 11.7 Å². The van der Waals surface area contributed by atoms with Crippen molar-refractivity contribution in [2.75, 3.05) is 20.1 Å². The van der Waals surface area contributed by atoms with Crippen LogP contribution >= 0.6 is 0 Å². The molecule has 2 atom stereocenters. The fourth-order valence-corrected chi connectivity index (χ4v) is 2.68. The Morgan fingerprint density at radius 2 is 1.90 bits per heavy atom. The number of piperidine rings is 1. The van der Waals surface area contributed by atoms with E-state index in [4.69, 9.17) is 0 Å². The first-order chi connectivity index (χ1) is 9.39. The van der Waals surface area contributed by atoms with Crippen LogP contribution in [0, 0.1) is 0 Å². The van der Waals surface area contributed by atoms with E-state index in [2.05, 4.69) is 10.2 Å². The molecule has 1 heterocycles. The SMILES string of the molecule is CC(c1ccc(C(F)(F)F)cc1)N(C)C1CCCNC1. The number of hydrogen-bond acceptors (Lipinski definition) is 2. The van der Waals surface area contributed by atoms with Crippen molar-refractivity contribution in [1.82, 2.24) is 10.2 Å². The van der Waals surface area contributed by atoms with Crippen LogP contribution in [-0.2, 0) is 6.18 Å². The molecule has 0 radical (unpaired) electrons. The van der Waals surface area contributed by atoms with E-state index in [1.165, 1.54) is 12.1 Å². The maximum absolute atomic E-state index is 12.6. The van der Waals surface area contributed by atoms with Gasteiger partial charge in [0.15, 0.2) is 0 Å². The van der Waals surface area contributed by atoms with Gasteiger partial charge in [0.05, 0.1) is 5.56 Å². The van der Waals surface area contributed by atoms with Crippen LogP contribution in [0.25, 0.3) is 0 Å². The Hall–Kier alpha value is -1.07. The molecule has 0 saturated carbocycles. The number of rotatable bonds is 3. The van der Waals surface area contributed by atoms with Gasteiger partial charge in [0.1, 0.15) is 0 Å². The zero-order chi connectivity index (χ0) is 14.8. The van der Waals surface area contributed by atoms with Crippen LogP contribution in [0.4, 0.5) is 13.2 Å². The standard InChI is InChI=1S/C15H21F3N2/c1-11(20(2)14-4-3-9-19-10-14)12-5-7-13(8-6-12)15(16,17)18/h5-8,11,14,19H,3-4,9-10H2,1-2H3. The van der Waals surface area contributed by atoms with Gasteiger partial charge >= 0.3 is 6.18 Å². The molecule has 0 aromatic heterocycles. The summed E-state index contributed by atoms with van der Waals surface area (Å²) in [5.74, 6) is 0. The molecule has 112 valence electrons. The number of likely N-dealkylation sites (N-methyl/N-ethyl adjacent to an activating group) is 1. The second kappa shape index (κ2) is 6.14. The predicted octanol–water partition coefficient (Wildman–Crippen LogP) is 3.45. The molecule has 1 aromatic rings. The Balaban J connectivity index is 2.06. The van der Waals surface area contributed by atoms with Crippen LogP contribution in [0.15, 0.2) is 24.3 Å². The Morgan fingerprint density at radius 3 is 2.40 bits per heavy atom.